The Balaban J connectivity index is 0.000000260. The van der Waals surface area contributed by atoms with Crippen LogP contribution in [-0.4, -0.2) is 15.9 Å². The average molecular weight is 697 g/mol. The zero-order chi connectivity index (χ0) is 27.1. The standard InChI is InChI=1S/C23H14NO.C11H20O2.Ir/c1-2-8-16(9-3-1)17-14-20-18-10-4-6-12-21(18)25-22-13-7-5-11-19(22)23(20)24-15-17;1-8(2)5-10(12)7-11(13)6-9(3)4;/h1-10,12-15H;7-9,12H,5-6H2,1-4H3;/q-1;;. The zero-order valence-electron chi connectivity index (χ0n) is 22.8. The molecule has 4 aromatic rings. The van der Waals surface area contributed by atoms with Gasteiger partial charge < -0.3 is 14.8 Å². The number of ether oxygens (including phenoxy) is 1. The third-order valence-corrected chi connectivity index (χ3v) is 6.00. The molecule has 0 saturated heterocycles. The van der Waals surface area contributed by atoms with Crippen LogP contribution in [-0.2, 0) is 24.9 Å². The molecular formula is C34H34IrNO3-. The number of pyridine rings is 1. The molecule has 0 spiro atoms. The van der Waals surface area contributed by atoms with Crippen molar-refractivity contribution in [2.24, 2.45) is 11.8 Å². The number of para-hydroxylation sites is 1. The summed E-state index contributed by atoms with van der Waals surface area (Å²) < 4.78 is 6.16. The predicted molar refractivity (Wildman–Crippen MR) is 154 cm³/mol. The van der Waals surface area contributed by atoms with Crippen LogP contribution in [0, 0.1) is 17.9 Å². The van der Waals surface area contributed by atoms with Gasteiger partial charge in [0, 0.05) is 56.5 Å². The van der Waals surface area contributed by atoms with Gasteiger partial charge >= 0.3 is 0 Å². The summed E-state index contributed by atoms with van der Waals surface area (Å²) in [6.45, 7) is 8.00. The topological polar surface area (TPSA) is 59.4 Å². The van der Waals surface area contributed by atoms with E-state index in [-0.39, 0.29) is 31.6 Å². The summed E-state index contributed by atoms with van der Waals surface area (Å²) in [6.07, 6.45) is 4.39. The van der Waals surface area contributed by atoms with E-state index in [0.29, 0.717) is 24.7 Å². The molecule has 0 unspecified atom stereocenters. The number of benzene rings is 3. The molecular weight excluding hydrogens is 663 g/mol. The summed E-state index contributed by atoms with van der Waals surface area (Å²) in [4.78, 5) is 16.0. The maximum atomic E-state index is 11.2. The van der Waals surface area contributed by atoms with Crippen molar-refractivity contribution < 1.29 is 34.7 Å². The summed E-state index contributed by atoms with van der Waals surface area (Å²) in [6, 6.07) is 29.7. The van der Waals surface area contributed by atoms with Crippen LogP contribution in [0.4, 0.5) is 0 Å². The first-order chi connectivity index (χ1) is 18.3. The number of hydrogen-bond acceptors (Lipinski definition) is 4. The number of nitrogens with zero attached hydrogens (tertiary/aromatic N) is 1. The molecule has 3 aromatic carbocycles. The molecule has 1 aromatic heterocycles. The molecule has 1 aliphatic rings. The van der Waals surface area contributed by atoms with E-state index in [2.05, 4.69) is 30.3 Å². The van der Waals surface area contributed by atoms with Crippen molar-refractivity contribution >= 4 is 5.78 Å². The summed E-state index contributed by atoms with van der Waals surface area (Å²) in [7, 11) is 0. The third-order valence-electron chi connectivity index (χ3n) is 6.00. The van der Waals surface area contributed by atoms with Gasteiger partial charge in [0.25, 0.3) is 0 Å². The Bertz CT molecular complexity index is 1430. The first-order valence-corrected chi connectivity index (χ1v) is 13.1. The average Bonchev–Trinajstić information content (AvgIpc) is 3.02. The van der Waals surface area contributed by atoms with Crippen molar-refractivity contribution in [3.8, 4) is 45.0 Å². The van der Waals surface area contributed by atoms with E-state index < -0.39 is 0 Å². The van der Waals surface area contributed by atoms with E-state index in [1.165, 1.54) is 6.08 Å². The van der Waals surface area contributed by atoms with E-state index >= 15 is 0 Å². The van der Waals surface area contributed by atoms with Gasteiger partial charge in [-0.2, -0.15) is 0 Å². The second-order valence-corrected chi connectivity index (χ2v) is 10.3. The molecule has 39 heavy (non-hydrogen) atoms. The van der Waals surface area contributed by atoms with Crippen molar-refractivity contribution in [1.29, 1.82) is 0 Å². The van der Waals surface area contributed by atoms with Gasteiger partial charge in [0.15, 0.2) is 5.78 Å². The van der Waals surface area contributed by atoms with Crippen molar-refractivity contribution in [3.05, 3.63) is 103 Å². The molecule has 5 heteroatoms. The van der Waals surface area contributed by atoms with Gasteiger partial charge in [-0.3, -0.25) is 4.79 Å². The minimum Gasteiger partial charge on any atom is -0.512 e. The Kier molecular flexibility index (Phi) is 10.8. The van der Waals surface area contributed by atoms with Crippen LogP contribution >= 0.6 is 0 Å². The van der Waals surface area contributed by atoms with E-state index in [4.69, 9.17) is 9.72 Å². The van der Waals surface area contributed by atoms with E-state index in [9.17, 15) is 9.90 Å². The number of aliphatic hydroxyl groups is 1. The smallest absolute Gasteiger partial charge is 0.159 e. The van der Waals surface area contributed by atoms with Gasteiger partial charge in [-0.1, -0.05) is 87.9 Å². The normalized spacial score (nSPS) is 11.6. The summed E-state index contributed by atoms with van der Waals surface area (Å²) >= 11 is 0. The Morgan fingerprint density at radius 1 is 0.872 bits per heavy atom. The van der Waals surface area contributed by atoms with Crippen molar-refractivity contribution in [1.82, 2.24) is 4.98 Å². The van der Waals surface area contributed by atoms with Crippen molar-refractivity contribution in [2.45, 2.75) is 40.5 Å². The van der Waals surface area contributed by atoms with E-state index in [1.54, 1.807) is 0 Å². The van der Waals surface area contributed by atoms with Crippen LogP contribution < -0.4 is 4.74 Å². The van der Waals surface area contributed by atoms with Crippen molar-refractivity contribution in [2.75, 3.05) is 0 Å². The number of ketones is 1. The van der Waals surface area contributed by atoms with Gasteiger partial charge in [0.2, 0.25) is 0 Å². The number of aromatic nitrogens is 1. The molecule has 0 atom stereocenters. The molecule has 1 N–H and O–H groups in total. The molecule has 4 nitrogen and oxygen atoms in total. The third kappa shape index (κ3) is 7.98. The molecule has 0 fully saturated rings. The van der Waals surface area contributed by atoms with Crippen LogP contribution in [0.1, 0.15) is 40.5 Å². The van der Waals surface area contributed by atoms with Crippen LogP contribution in [0.5, 0.6) is 11.5 Å². The Morgan fingerprint density at radius 3 is 2.26 bits per heavy atom. The Hall–Kier alpha value is -3.53. The first-order valence-electron chi connectivity index (χ1n) is 13.1. The summed E-state index contributed by atoms with van der Waals surface area (Å²) in [5, 5.41) is 9.34. The molecule has 5 rings (SSSR count). The minimum atomic E-state index is 0. The monoisotopic (exact) mass is 697 g/mol. The second kappa shape index (κ2) is 14.0. The summed E-state index contributed by atoms with van der Waals surface area (Å²) in [5.74, 6) is 2.61. The largest absolute Gasteiger partial charge is 0.512 e. The minimum absolute atomic E-state index is 0. The number of hydrogen-bond donors (Lipinski definition) is 1. The molecule has 0 aliphatic carbocycles. The van der Waals surface area contributed by atoms with E-state index in [1.807, 2.05) is 88.5 Å². The number of aliphatic hydroxyl groups excluding tert-OH is 1. The fraction of sp³-hybridized carbons (Fsp3) is 0.235. The van der Waals surface area contributed by atoms with Crippen LogP contribution in [0.3, 0.4) is 0 Å². The molecule has 1 radical (unpaired) electrons. The van der Waals surface area contributed by atoms with Crippen molar-refractivity contribution in [3.63, 3.8) is 0 Å². The molecule has 0 amide bonds. The molecule has 203 valence electrons. The molecule has 1 aliphatic heterocycles. The Morgan fingerprint density at radius 2 is 1.54 bits per heavy atom. The molecule has 2 heterocycles. The second-order valence-electron chi connectivity index (χ2n) is 10.3. The quantitative estimate of drug-likeness (QED) is 0.109. The van der Waals surface area contributed by atoms with Crippen LogP contribution in [0.25, 0.3) is 33.5 Å². The van der Waals surface area contributed by atoms with E-state index in [0.717, 1.165) is 45.0 Å². The first kappa shape index (κ1) is 30.0. The predicted octanol–water partition coefficient (Wildman–Crippen LogP) is 9.08. The molecule has 0 bridgehead atoms. The van der Waals surface area contributed by atoms with Gasteiger partial charge in [-0.25, -0.2) is 0 Å². The number of allylic oxidation sites excluding steroid dienone is 2. The van der Waals surface area contributed by atoms with Gasteiger partial charge in [-0.05, 0) is 40.3 Å². The van der Waals surface area contributed by atoms with Gasteiger partial charge in [-0.15, -0.1) is 24.3 Å². The fourth-order valence-electron chi connectivity index (χ4n) is 4.37. The maximum absolute atomic E-state index is 11.2. The van der Waals surface area contributed by atoms with Crippen LogP contribution in [0.15, 0.2) is 96.9 Å². The zero-order valence-corrected chi connectivity index (χ0v) is 25.2. The summed E-state index contributed by atoms with van der Waals surface area (Å²) in [5.41, 5.74) is 6.16. The maximum Gasteiger partial charge on any atom is 0.159 e. The number of carbonyl (C=O) groups is 1. The van der Waals surface area contributed by atoms with Gasteiger partial charge in [0.05, 0.1) is 5.76 Å². The SMILES string of the molecule is CC(C)CC(=O)C=C(O)CC(C)C.[Ir].[c-]1cccc2c1-c1ncc(-c3ccccc3)cc1-c1ccccc1O2. The molecule has 0 saturated carbocycles. The number of rotatable bonds is 6. The number of fused-ring (bicyclic) bond motifs is 5. The Labute approximate surface area is 245 Å². The fourth-order valence-corrected chi connectivity index (χ4v) is 4.37. The number of carbonyl (C=O) groups excluding carboxylic acids is 1. The van der Waals surface area contributed by atoms with Crippen LogP contribution in [0.2, 0.25) is 0 Å². The van der Waals surface area contributed by atoms with Gasteiger partial charge in [0.1, 0.15) is 5.75 Å².